The number of fused-ring (bicyclic) bond motifs is 2. The van der Waals surface area contributed by atoms with Crippen LogP contribution in [0.4, 0.5) is 23.5 Å². The molecule has 0 aliphatic heterocycles. The second-order valence-corrected chi connectivity index (χ2v) is 8.11. The van der Waals surface area contributed by atoms with Crippen LogP contribution in [-0.4, -0.2) is 32.4 Å². The number of rotatable bonds is 7. The third-order valence-corrected chi connectivity index (χ3v) is 5.87. The van der Waals surface area contributed by atoms with Gasteiger partial charge >= 0.3 is 0 Å². The van der Waals surface area contributed by atoms with Crippen LogP contribution in [0.2, 0.25) is 0 Å². The summed E-state index contributed by atoms with van der Waals surface area (Å²) in [6, 6.07) is 14.3. The highest BCUT2D eigenvalue weighted by atomic mass is 32.1. The highest BCUT2D eigenvalue weighted by Crippen LogP contribution is 2.33. The fourth-order valence-corrected chi connectivity index (χ4v) is 4.38. The Morgan fingerprint density at radius 2 is 1.94 bits per heavy atom. The number of amides is 1. The van der Waals surface area contributed by atoms with Gasteiger partial charge < -0.3 is 21.7 Å². The first-order chi connectivity index (χ1) is 15.1. The Morgan fingerprint density at radius 1 is 1.10 bits per heavy atom. The van der Waals surface area contributed by atoms with Gasteiger partial charge in [0.25, 0.3) is 0 Å². The van der Waals surface area contributed by atoms with Crippen molar-refractivity contribution in [3.8, 4) is 0 Å². The zero-order valence-corrected chi connectivity index (χ0v) is 17.3. The number of aryl methyl sites for hydroxylation is 1. The van der Waals surface area contributed by atoms with Crippen molar-refractivity contribution < 1.29 is 4.79 Å². The van der Waals surface area contributed by atoms with E-state index in [0.717, 1.165) is 28.7 Å². The molecular formula is C21H20N8OS. The van der Waals surface area contributed by atoms with E-state index >= 15 is 0 Å². The summed E-state index contributed by atoms with van der Waals surface area (Å²) in [4.78, 5) is 28.9. The van der Waals surface area contributed by atoms with Crippen LogP contribution in [-0.2, 0) is 11.2 Å². The maximum Gasteiger partial charge on any atom is 0.236 e. The van der Waals surface area contributed by atoms with Gasteiger partial charge in [0.1, 0.15) is 0 Å². The number of nitrogens with zero attached hydrogens (tertiary/aromatic N) is 4. The predicted molar refractivity (Wildman–Crippen MR) is 122 cm³/mol. The average Bonchev–Trinajstić information content (AvgIpc) is 3.39. The minimum Gasteiger partial charge on any atom is -0.368 e. The van der Waals surface area contributed by atoms with Crippen LogP contribution >= 0.6 is 11.3 Å². The molecule has 0 fully saturated rings. The number of nitrogens with one attached hydrogen (secondary N) is 3. The van der Waals surface area contributed by atoms with Gasteiger partial charge in [-0.1, -0.05) is 24.3 Å². The smallest absolute Gasteiger partial charge is 0.236 e. The molecule has 156 valence electrons. The van der Waals surface area contributed by atoms with Crippen molar-refractivity contribution in [1.82, 2.24) is 19.9 Å². The molecular weight excluding hydrogens is 412 g/mol. The van der Waals surface area contributed by atoms with E-state index in [0.29, 0.717) is 11.9 Å². The monoisotopic (exact) mass is 432 g/mol. The summed E-state index contributed by atoms with van der Waals surface area (Å²) in [5.41, 5.74) is 11.4. The summed E-state index contributed by atoms with van der Waals surface area (Å²) < 4.78 is 1.06. The maximum absolute atomic E-state index is 11.2. The number of hydrogen-bond donors (Lipinski definition) is 4. The quantitative estimate of drug-likeness (QED) is 0.350. The third-order valence-electron chi connectivity index (χ3n) is 5.08. The van der Waals surface area contributed by atoms with Crippen molar-refractivity contribution >= 4 is 51.0 Å². The van der Waals surface area contributed by atoms with Crippen LogP contribution in [0.1, 0.15) is 23.6 Å². The summed E-state index contributed by atoms with van der Waals surface area (Å²) in [7, 11) is 0. The second-order valence-electron chi connectivity index (χ2n) is 7.22. The molecule has 1 atom stereocenters. The van der Waals surface area contributed by atoms with E-state index in [1.54, 1.807) is 11.3 Å². The second kappa shape index (κ2) is 8.15. The lowest BCUT2D eigenvalue weighted by molar-refractivity contribution is -0.116. The molecule has 0 saturated carbocycles. The minimum absolute atomic E-state index is 0.0675. The number of hydrogen-bond acceptors (Lipinski definition) is 9. The zero-order valence-electron chi connectivity index (χ0n) is 16.5. The fourth-order valence-electron chi connectivity index (χ4n) is 3.67. The van der Waals surface area contributed by atoms with Crippen LogP contribution in [0, 0.1) is 0 Å². The van der Waals surface area contributed by atoms with Gasteiger partial charge in [-0.05, 0) is 42.2 Å². The first-order valence-electron chi connectivity index (χ1n) is 9.87. The van der Waals surface area contributed by atoms with Crippen LogP contribution in [0.15, 0.2) is 48.0 Å². The lowest BCUT2D eigenvalue weighted by atomic mass is 10.1. The number of carbonyl (C=O) groups excluding carboxylic acids is 1. The van der Waals surface area contributed by atoms with Gasteiger partial charge in [-0.15, -0.1) is 11.3 Å². The number of primary amides is 1. The molecule has 0 bridgehead atoms. The molecule has 5 rings (SSSR count). The number of benzene rings is 2. The molecule has 10 heteroatoms. The summed E-state index contributed by atoms with van der Waals surface area (Å²) in [6.07, 6.45) is 1.96. The third kappa shape index (κ3) is 4.24. The number of anilines is 4. The molecule has 0 saturated heterocycles. The highest BCUT2D eigenvalue weighted by Gasteiger charge is 2.23. The Labute approximate surface area is 182 Å². The van der Waals surface area contributed by atoms with E-state index in [-0.39, 0.29) is 18.5 Å². The molecule has 0 spiro atoms. The summed E-state index contributed by atoms with van der Waals surface area (Å²) in [6.45, 7) is -0.0675. The maximum atomic E-state index is 11.2. The molecule has 1 unspecified atom stereocenters. The number of aromatic nitrogens is 4. The van der Waals surface area contributed by atoms with Crippen molar-refractivity contribution in [3.63, 3.8) is 0 Å². The lowest BCUT2D eigenvalue weighted by Crippen LogP contribution is -2.23. The first kappa shape index (κ1) is 19.2. The molecule has 5 N–H and O–H groups in total. The van der Waals surface area contributed by atoms with Crippen LogP contribution in [0.25, 0.3) is 10.2 Å². The standard InChI is InChI=1S/C21H20N8OS/c22-18(30)10-23-19-27-20(25-13-6-8-16-17(9-13)31-11-24-16)29-21(28-19)26-15-7-5-12-3-1-2-4-14(12)15/h1-4,6,8-9,11,15H,5,7,10H2,(H2,22,30)(H3,23,25,26,27,28,29). The lowest BCUT2D eigenvalue weighted by Gasteiger charge is -2.16. The van der Waals surface area contributed by atoms with Gasteiger partial charge in [0, 0.05) is 5.69 Å². The molecule has 1 amide bonds. The van der Waals surface area contributed by atoms with E-state index in [4.69, 9.17) is 5.73 Å². The van der Waals surface area contributed by atoms with E-state index in [1.807, 2.05) is 29.8 Å². The zero-order chi connectivity index (χ0) is 21.2. The number of thiazole rings is 1. The minimum atomic E-state index is -0.496. The molecule has 2 heterocycles. The Hall–Kier alpha value is -3.79. The highest BCUT2D eigenvalue weighted by molar-refractivity contribution is 7.16. The Balaban J connectivity index is 1.43. The van der Waals surface area contributed by atoms with Gasteiger partial charge in [-0.25, -0.2) is 4.98 Å². The SMILES string of the molecule is NC(=O)CNc1nc(Nc2ccc3ncsc3c2)nc(NC2CCc3ccccc32)n1. The predicted octanol–water partition coefficient (Wildman–Crippen LogP) is 3.22. The van der Waals surface area contributed by atoms with E-state index in [9.17, 15) is 4.79 Å². The number of carbonyl (C=O) groups is 1. The van der Waals surface area contributed by atoms with Gasteiger partial charge in [0.05, 0.1) is 28.3 Å². The molecule has 4 aromatic rings. The van der Waals surface area contributed by atoms with Crippen molar-refractivity contribution in [1.29, 1.82) is 0 Å². The largest absolute Gasteiger partial charge is 0.368 e. The van der Waals surface area contributed by atoms with Gasteiger partial charge in [-0.3, -0.25) is 4.79 Å². The van der Waals surface area contributed by atoms with E-state index in [1.165, 1.54) is 11.1 Å². The topological polar surface area (TPSA) is 131 Å². The van der Waals surface area contributed by atoms with Crippen LogP contribution in [0.3, 0.4) is 0 Å². The van der Waals surface area contributed by atoms with Crippen molar-refractivity contribution in [2.24, 2.45) is 5.73 Å². The van der Waals surface area contributed by atoms with Gasteiger partial charge in [-0.2, -0.15) is 15.0 Å². The molecule has 1 aliphatic rings. The fraction of sp³-hybridized carbons (Fsp3) is 0.190. The van der Waals surface area contributed by atoms with Crippen LogP contribution in [0.5, 0.6) is 0 Å². The summed E-state index contributed by atoms with van der Waals surface area (Å²) in [5.74, 6) is 0.554. The van der Waals surface area contributed by atoms with Crippen molar-refractivity contribution in [3.05, 3.63) is 59.1 Å². The first-order valence-corrected chi connectivity index (χ1v) is 10.7. The summed E-state index contributed by atoms with van der Waals surface area (Å²) in [5, 5.41) is 9.48. The molecule has 2 aromatic carbocycles. The summed E-state index contributed by atoms with van der Waals surface area (Å²) >= 11 is 1.56. The normalized spacial score (nSPS) is 14.9. The Kier molecular flexibility index (Phi) is 5.04. The Bertz CT molecular complexity index is 1260. The van der Waals surface area contributed by atoms with Gasteiger partial charge in [0.2, 0.25) is 23.8 Å². The average molecular weight is 433 g/mol. The van der Waals surface area contributed by atoms with Crippen molar-refractivity contribution in [2.45, 2.75) is 18.9 Å². The molecule has 1 aliphatic carbocycles. The molecule has 0 radical (unpaired) electrons. The number of nitrogens with two attached hydrogens (primary N) is 1. The van der Waals surface area contributed by atoms with Gasteiger partial charge in [0.15, 0.2) is 0 Å². The molecule has 2 aromatic heterocycles. The van der Waals surface area contributed by atoms with Crippen LogP contribution < -0.4 is 21.7 Å². The van der Waals surface area contributed by atoms with E-state index in [2.05, 4.69) is 54.1 Å². The molecule has 31 heavy (non-hydrogen) atoms. The Morgan fingerprint density at radius 3 is 2.84 bits per heavy atom. The van der Waals surface area contributed by atoms with E-state index < -0.39 is 5.91 Å². The van der Waals surface area contributed by atoms with Crippen molar-refractivity contribution in [2.75, 3.05) is 22.5 Å². The molecule has 9 nitrogen and oxygen atoms in total.